The van der Waals surface area contributed by atoms with Crippen LogP contribution >= 0.6 is 23.4 Å². The van der Waals surface area contributed by atoms with Crippen LogP contribution in [-0.2, 0) is 15.0 Å². The lowest BCUT2D eigenvalue weighted by atomic mass is 9.87. The van der Waals surface area contributed by atoms with Gasteiger partial charge in [0, 0.05) is 37.2 Å². The molecular formula is C32H40ClN5O4S. The number of halogens is 1. The van der Waals surface area contributed by atoms with Gasteiger partial charge in [-0.3, -0.25) is 14.5 Å². The summed E-state index contributed by atoms with van der Waals surface area (Å²) in [6, 6.07) is 13.3. The Hall–Kier alpha value is -3.21. The minimum absolute atomic E-state index is 0.0725. The maximum atomic E-state index is 14.0. The average Bonchev–Trinajstić information content (AvgIpc) is 3.34. The van der Waals surface area contributed by atoms with Gasteiger partial charge in [-0.1, -0.05) is 57.5 Å². The number of rotatable bonds is 7. The van der Waals surface area contributed by atoms with E-state index in [1.54, 1.807) is 23.8 Å². The fraction of sp³-hybridized carbons (Fsp3) is 0.469. The van der Waals surface area contributed by atoms with Crippen molar-refractivity contribution in [1.82, 2.24) is 19.6 Å². The summed E-state index contributed by atoms with van der Waals surface area (Å²) in [4.78, 5) is 33.6. The molecule has 3 heterocycles. The highest BCUT2D eigenvalue weighted by Gasteiger charge is 2.41. The predicted molar refractivity (Wildman–Crippen MR) is 172 cm³/mol. The van der Waals surface area contributed by atoms with E-state index < -0.39 is 0 Å². The Morgan fingerprint density at radius 2 is 1.74 bits per heavy atom. The second-order valence-electron chi connectivity index (χ2n) is 11.8. The van der Waals surface area contributed by atoms with Crippen molar-refractivity contribution in [2.24, 2.45) is 0 Å². The normalized spacial score (nSPS) is 17.9. The minimum atomic E-state index is -0.383. The van der Waals surface area contributed by atoms with Crippen molar-refractivity contribution in [2.75, 3.05) is 64.1 Å². The smallest absolute Gasteiger partial charge is 0.242 e. The van der Waals surface area contributed by atoms with Gasteiger partial charge in [0.2, 0.25) is 11.8 Å². The van der Waals surface area contributed by atoms with E-state index >= 15 is 0 Å². The first kappa shape index (κ1) is 31.2. The Balaban J connectivity index is 1.70. The monoisotopic (exact) mass is 625 g/mol. The number of piperazine rings is 1. The van der Waals surface area contributed by atoms with Crippen molar-refractivity contribution >= 4 is 41.0 Å². The van der Waals surface area contributed by atoms with Crippen molar-refractivity contribution in [1.29, 1.82) is 0 Å². The van der Waals surface area contributed by atoms with Gasteiger partial charge in [-0.05, 0) is 36.4 Å². The third-order valence-corrected chi connectivity index (χ3v) is 9.63. The molecule has 2 aromatic carbocycles. The van der Waals surface area contributed by atoms with Crippen molar-refractivity contribution in [3.8, 4) is 17.2 Å². The SMILES string of the molecule is CCN1CCN(C(=O)CN2C(=O)CSC(c3ccc(OC)c(OC)c3)c3c(C(C)(C)C)nn(-c4ccccc4Cl)c32)CC1. The van der Waals surface area contributed by atoms with Crippen LogP contribution in [0.25, 0.3) is 5.69 Å². The molecular weight excluding hydrogens is 586 g/mol. The van der Waals surface area contributed by atoms with Crippen LogP contribution in [0.1, 0.15) is 49.8 Å². The highest BCUT2D eigenvalue weighted by Crippen LogP contribution is 2.49. The lowest BCUT2D eigenvalue weighted by molar-refractivity contribution is -0.132. The first-order valence-corrected chi connectivity index (χ1v) is 16.0. The van der Waals surface area contributed by atoms with Crippen LogP contribution in [0.15, 0.2) is 42.5 Å². The molecule has 11 heteroatoms. The molecule has 1 saturated heterocycles. The Morgan fingerprint density at radius 1 is 1.05 bits per heavy atom. The summed E-state index contributed by atoms with van der Waals surface area (Å²) in [5, 5.41) is 5.39. The molecule has 1 unspecified atom stereocenters. The second-order valence-corrected chi connectivity index (χ2v) is 13.3. The number of hydrogen-bond donors (Lipinski definition) is 0. The van der Waals surface area contributed by atoms with E-state index in [9.17, 15) is 9.59 Å². The number of amides is 2. The summed E-state index contributed by atoms with van der Waals surface area (Å²) in [5.41, 5.74) is 2.93. The Kier molecular flexibility index (Phi) is 9.29. The lowest BCUT2D eigenvalue weighted by Crippen LogP contribution is -2.52. The molecule has 43 heavy (non-hydrogen) atoms. The van der Waals surface area contributed by atoms with Gasteiger partial charge < -0.3 is 19.3 Å². The van der Waals surface area contributed by atoms with Gasteiger partial charge in [-0.25, -0.2) is 4.68 Å². The molecule has 0 spiro atoms. The molecule has 0 bridgehead atoms. The van der Waals surface area contributed by atoms with E-state index in [4.69, 9.17) is 26.2 Å². The molecule has 230 valence electrons. The molecule has 2 aliphatic rings. The third kappa shape index (κ3) is 6.23. The maximum absolute atomic E-state index is 14.0. The van der Waals surface area contributed by atoms with Crippen molar-refractivity contribution < 1.29 is 19.1 Å². The fourth-order valence-corrected chi connectivity index (χ4v) is 7.10. The van der Waals surface area contributed by atoms with Crippen LogP contribution in [0.4, 0.5) is 5.82 Å². The molecule has 1 atom stereocenters. The van der Waals surface area contributed by atoms with E-state index in [0.29, 0.717) is 41.1 Å². The lowest BCUT2D eigenvalue weighted by Gasteiger charge is -2.35. The van der Waals surface area contributed by atoms with Crippen LogP contribution in [0.2, 0.25) is 5.02 Å². The summed E-state index contributed by atoms with van der Waals surface area (Å²) in [7, 11) is 3.22. The van der Waals surface area contributed by atoms with Crippen molar-refractivity contribution in [3.05, 3.63) is 64.3 Å². The number of hydrogen-bond acceptors (Lipinski definition) is 7. The zero-order valence-electron chi connectivity index (χ0n) is 25.7. The zero-order valence-corrected chi connectivity index (χ0v) is 27.3. The molecule has 5 rings (SSSR count). The van der Waals surface area contributed by atoms with Crippen molar-refractivity contribution in [2.45, 2.75) is 38.4 Å². The number of aromatic nitrogens is 2. The van der Waals surface area contributed by atoms with Crippen LogP contribution in [0, 0.1) is 0 Å². The average molecular weight is 626 g/mol. The minimum Gasteiger partial charge on any atom is -0.493 e. The van der Waals surface area contributed by atoms with Gasteiger partial charge in [0.05, 0.1) is 41.6 Å². The molecule has 3 aromatic rings. The Labute approximate surface area is 263 Å². The number of methoxy groups -OCH3 is 2. The number of benzene rings is 2. The number of likely N-dealkylation sites (N-methyl/N-ethyl adjacent to an activating group) is 1. The van der Waals surface area contributed by atoms with E-state index in [0.717, 1.165) is 36.5 Å². The van der Waals surface area contributed by atoms with Crippen molar-refractivity contribution in [3.63, 3.8) is 0 Å². The van der Waals surface area contributed by atoms with Crippen LogP contribution < -0.4 is 14.4 Å². The summed E-state index contributed by atoms with van der Waals surface area (Å²) < 4.78 is 12.9. The number of nitrogens with zero attached hydrogens (tertiary/aromatic N) is 5. The summed E-state index contributed by atoms with van der Waals surface area (Å²) in [6.45, 7) is 12.3. The topological polar surface area (TPSA) is 80.1 Å². The molecule has 2 aliphatic heterocycles. The van der Waals surface area contributed by atoms with E-state index in [-0.39, 0.29) is 34.8 Å². The second kappa shape index (κ2) is 12.8. The van der Waals surface area contributed by atoms with E-state index in [1.807, 2.05) is 47.4 Å². The van der Waals surface area contributed by atoms with Gasteiger partial charge in [0.1, 0.15) is 12.4 Å². The van der Waals surface area contributed by atoms with Crippen LogP contribution in [0.5, 0.6) is 11.5 Å². The number of carbonyl (C=O) groups is 2. The highest BCUT2D eigenvalue weighted by atomic mass is 35.5. The number of fused-ring (bicyclic) bond motifs is 1. The number of thioether (sulfide) groups is 1. The van der Waals surface area contributed by atoms with E-state index in [2.05, 4.69) is 32.6 Å². The van der Waals surface area contributed by atoms with Crippen LogP contribution in [0.3, 0.4) is 0 Å². The summed E-state index contributed by atoms with van der Waals surface area (Å²) in [6.07, 6.45) is 0. The Morgan fingerprint density at radius 3 is 2.37 bits per heavy atom. The number of carbonyl (C=O) groups excluding carboxylic acids is 2. The predicted octanol–water partition coefficient (Wildman–Crippen LogP) is 5.17. The number of ether oxygens (including phenoxy) is 2. The standard InChI is InChI=1S/C32H40ClN5O4S/c1-7-35-14-16-36(17-15-35)26(39)19-37-27(40)20-43-29(21-12-13-24(41-5)25(18-21)42-6)28-30(32(2,3)4)34-38(31(28)37)23-11-9-8-10-22(23)33/h8-13,18,29H,7,14-17,19-20H2,1-6H3. The molecule has 0 aliphatic carbocycles. The van der Waals surface area contributed by atoms with Gasteiger partial charge in [0.15, 0.2) is 11.5 Å². The highest BCUT2D eigenvalue weighted by molar-refractivity contribution is 8.00. The van der Waals surface area contributed by atoms with Crippen LogP contribution in [-0.4, -0.2) is 90.6 Å². The first-order chi connectivity index (χ1) is 20.6. The van der Waals surface area contributed by atoms with Gasteiger partial charge in [-0.15, -0.1) is 11.8 Å². The van der Waals surface area contributed by atoms with Gasteiger partial charge >= 0.3 is 0 Å². The van der Waals surface area contributed by atoms with Gasteiger partial charge in [-0.2, -0.15) is 5.10 Å². The van der Waals surface area contributed by atoms with E-state index in [1.165, 1.54) is 11.8 Å². The molecule has 2 amide bonds. The molecule has 0 saturated carbocycles. The quantitative estimate of drug-likeness (QED) is 0.358. The first-order valence-electron chi connectivity index (χ1n) is 14.6. The summed E-state index contributed by atoms with van der Waals surface area (Å²) >= 11 is 8.28. The maximum Gasteiger partial charge on any atom is 0.242 e. The molecule has 0 N–H and O–H groups in total. The molecule has 9 nitrogen and oxygen atoms in total. The zero-order chi connectivity index (χ0) is 30.9. The molecule has 1 fully saturated rings. The fourth-order valence-electron chi connectivity index (χ4n) is 5.69. The number of anilines is 1. The largest absolute Gasteiger partial charge is 0.493 e. The molecule has 0 radical (unpaired) electrons. The Bertz CT molecular complexity index is 1500. The third-order valence-electron chi connectivity index (χ3n) is 8.06. The summed E-state index contributed by atoms with van der Waals surface area (Å²) in [5.74, 6) is 1.77. The van der Waals surface area contributed by atoms with Gasteiger partial charge in [0.25, 0.3) is 0 Å². The molecule has 1 aromatic heterocycles. The number of para-hydroxylation sites is 1.